The number of halogens is 3. The number of carboxylic acid groups (broad SMARTS) is 1. The lowest BCUT2D eigenvalue weighted by atomic mass is 10.0. The van der Waals surface area contributed by atoms with E-state index in [1.165, 1.54) is 18.2 Å². The molecule has 1 aromatic rings. The number of nitrogens with zero attached hydrogens (tertiary/aromatic N) is 1. The van der Waals surface area contributed by atoms with Crippen LogP contribution in [-0.2, 0) is 25.2 Å². The summed E-state index contributed by atoms with van der Waals surface area (Å²) in [5, 5.41) is 9.42. The normalized spacial score (nSPS) is 14.0. The third kappa shape index (κ3) is 3.90. The molecule has 0 bridgehead atoms. The number of allylic oxidation sites excluding steroid dienone is 2. The summed E-state index contributed by atoms with van der Waals surface area (Å²) < 4.78 is 49.2. The number of methoxy groups -OCH3 is 2. The molecule has 0 atom stereocenters. The van der Waals surface area contributed by atoms with Crippen LogP contribution in [0.1, 0.15) is 15.9 Å². The van der Waals surface area contributed by atoms with Gasteiger partial charge in [0, 0.05) is 6.20 Å². The Morgan fingerprint density at radius 1 is 1.04 bits per heavy atom. The Kier molecular flexibility index (Phi) is 5.92. The molecular weight excluding hydrogens is 383 g/mol. The molecule has 28 heavy (non-hydrogen) atoms. The van der Waals surface area contributed by atoms with Gasteiger partial charge in [-0.15, -0.1) is 0 Å². The topological polar surface area (TPSA) is 93.1 Å². The molecule has 1 aromatic carbocycles. The minimum Gasteiger partial charge on any atom is -0.478 e. The van der Waals surface area contributed by atoms with Gasteiger partial charge in [-0.3, -0.25) is 0 Å². The summed E-state index contributed by atoms with van der Waals surface area (Å²) in [5.74, 6) is -3.91. The Morgan fingerprint density at radius 3 is 2.21 bits per heavy atom. The van der Waals surface area contributed by atoms with Gasteiger partial charge in [-0.25, -0.2) is 14.4 Å². The number of carbonyl (C=O) groups is 3. The van der Waals surface area contributed by atoms with Crippen molar-refractivity contribution in [2.45, 2.75) is 6.18 Å². The first-order valence-corrected chi connectivity index (χ1v) is 7.62. The number of hydrogen-bond acceptors (Lipinski definition) is 6. The second kappa shape index (κ2) is 7.99. The van der Waals surface area contributed by atoms with Gasteiger partial charge in [0.15, 0.2) is 0 Å². The number of alkyl halides is 3. The highest BCUT2D eigenvalue weighted by Gasteiger charge is 2.38. The number of esters is 2. The van der Waals surface area contributed by atoms with E-state index in [1.54, 1.807) is 0 Å². The maximum atomic E-state index is 13.3. The van der Waals surface area contributed by atoms with Crippen molar-refractivity contribution in [3.8, 4) is 0 Å². The second-order valence-electron chi connectivity index (χ2n) is 5.32. The Morgan fingerprint density at radius 2 is 1.68 bits per heavy atom. The third-order valence-electron chi connectivity index (χ3n) is 3.71. The van der Waals surface area contributed by atoms with Crippen molar-refractivity contribution >= 4 is 23.6 Å². The fourth-order valence-corrected chi connectivity index (χ4v) is 2.55. The number of rotatable bonds is 4. The Labute approximate surface area is 156 Å². The molecule has 1 heterocycles. The number of carbonyl (C=O) groups excluding carboxylic acids is 2. The second-order valence-corrected chi connectivity index (χ2v) is 5.32. The van der Waals surface area contributed by atoms with Crippen LogP contribution in [0.2, 0.25) is 0 Å². The molecule has 2 rings (SSSR count). The molecule has 148 valence electrons. The first kappa shape index (κ1) is 20.7. The van der Waals surface area contributed by atoms with Crippen LogP contribution in [0.3, 0.4) is 0 Å². The molecule has 0 aliphatic carbocycles. The van der Waals surface area contributed by atoms with E-state index in [9.17, 15) is 32.7 Å². The summed E-state index contributed by atoms with van der Waals surface area (Å²) in [7, 11) is 2.05. The highest BCUT2D eigenvalue weighted by molar-refractivity contribution is 6.07. The van der Waals surface area contributed by atoms with E-state index in [0.29, 0.717) is 6.07 Å². The molecule has 0 spiro atoms. The Bertz CT molecular complexity index is 914. The van der Waals surface area contributed by atoms with Crippen LogP contribution in [0.15, 0.2) is 53.9 Å². The van der Waals surface area contributed by atoms with E-state index in [2.05, 4.69) is 9.47 Å². The molecule has 0 saturated heterocycles. The van der Waals surface area contributed by atoms with E-state index >= 15 is 0 Å². The molecule has 0 unspecified atom stereocenters. The van der Waals surface area contributed by atoms with Gasteiger partial charge in [0.25, 0.3) is 0 Å². The smallest absolute Gasteiger partial charge is 0.417 e. The van der Waals surface area contributed by atoms with Crippen molar-refractivity contribution in [2.24, 2.45) is 0 Å². The molecule has 0 amide bonds. The van der Waals surface area contributed by atoms with E-state index in [-0.39, 0.29) is 5.57 Å². The van der Waals surface area contributed by atoms with Crippen LogP contribution < -0.4 is 4.90 Å². The zero-order valence-electron chi connectivity index (χ0n) is 14.6. The minimum absolute atomic E-state index is 0.326. The van der Waals surface area contributed by atoms with Gasteiger partial charge in [-0.1, -0.05) is 12.1 Å². The number of benzene rings is 1. The lowest BCUT2D eigenvalue weighted by molar-refractivity contribution is -0.139. The van der Waals surface area contributed by atoms with Crippen molar-refractivity contribution in [3.63, 3.8) is 0 Å². The van der Waals surface area contributed by atoms with Crippen molar-refractivity contribution in [3.05, 3.63) is 65.0 Å². The zero-order valence-corrected chi connectivity index (χ0v) is 14.6. The number of anilines is 1. The van der Waals surface area contributed by atoms with Gasteiger partial charge in [0.05, 0.1) is 36.6 Å². The van der Waals surface area contributed by atoms with Gasteiger partial charge in [-0.2, -0.15) is 13.2 Å². The van der Waals surface area contributed by atoms with E-state index in [1.807, 2.05) is 0 Å². The molecule has 1 aliphatic heterocycles. The van der Waals surface area contributed by atoms with Gasteiger partial charge in [-0.05, 0) is 24.3 Å². The fraction of sp³-hybridized carbons (Fsp3) is 0.167. The van der Waals surface area contributed by atoms with Crippen molar-refractivity contribution in [1.82, 2.24) is 0 Å². The molecular formula is C18H14F3NO6. The summed E-state index contributed by atoms with van der Waals surface area (Å²) >= 11 is 0. The molecule has 7 nitrogen and oxygen atoms in total. The number of aromatic carboxylic acids is 1. The first-order valence-electron chi connectivity index (χ1n) is 7.62. The standard InChI is InChI=1S/C18H14F3NO6/c1-27-16(25)10-6-3-4-9-22(14(10)17(26)28-2)12-8-5-7-11(18(19,20)21)13(12)15(23)24/h3-9H,1-2H3,(H,23,24). The average Bonchev–Trinajstić information content (AvgIpc) is 2.88. The highest BCUT2D eigenvalue weighted by atomic mass is 19.4. The largest absolute Gasteiger partial charge is 0.478 e. The zero-order chi connectivity index (χ0) is 21.1. The monoisotopic (exact) mass is 397 g/mol. The number of ether oxygens (including phenoxy) is 2. The van der Waals surface area contributed by atoms with E-state index in [4.69, 9.17) is 0 Å². The SMILES string of the molecule is COC(=O)C1=C(C(=O)OC)N(c2cccc(C(F)(F)F)c2C(=O)O)C=CC=C1. The lowest BCUT2D eigenvalue weighted by Crippen LogP contribution is -2.29. The van der Waals surface area contributed by atoms with Gasteiger partial charge < -0.3 is 19.5 Å². The van der Waals surface area contributed by atoms with Gasteiger partial charge in [0.2, 0.25) is 0 Å². The first-order chi connectivity index (χ1) is 13.1. The number of hydrogen-bond donors (Lipinski definition) is 1. The fourth-order valence-electron chi connectivity index (χ4n) is 2.55. The third-order valence-corrected chi connectivity index (χ3v) is 3.71. The summed E-state index contributed by atoms with van der Waals surface area (Å²) in [6, 6.07) is 2.67. The summed E-state index contributed by atoms with van der Waals surface area (Å²) in [5.41, 5.74) is -3.81. The van der Waals surface area contributed by atoms with Crippen LogP contribution >= 0.6 is 0 Å². The Hall–Kier alpha value is -3.56. The summed E-state index contributed by atoms with van der Waals surface area (Å²) in [6.07, 6.45) is 0.0230. The van der Waals surface area contributed by atoms with Crippen molar-refractivity contribution in [1.29, 1.82) is 0 Å². The molecule has 0 radical (unpaired) electrons. The molecule has 1 aliphatic rings. The van der Waals surface area contributed by atoms with E-state index < -0.39 is 46.6 Å². The van der Waals surface area contributed by atoms with Crippen LogP contribution in [0.25, 0.3) is 0 Å². The Balaban J connectivity index is 2.86. The number of carboxylic acids is 1. The highest BCUT2D eigenvalue weighted by Crippen LogP contribution is 2.38. The lowest BCUT2D eigenvalue weighted by Gasteiger charge is -2.25. The molecule has 0 saturated carbocycles. The van der Waals surface area contributed by atoms with Gasteiger partial charge >= 0.3 is 24.1 Å². The average molecular weight is 397 g/mol. The van der Waals surface area contributed by atoms with Crippen LogP contribution in [0.4, 0.5) is 18.9 Å². The van der Waals surface area contributed by atoms with E-state index in [0.717, 1.165) is 37.5 Å². The van der Waals surface area contributed by atoms with Crippen LogP contribution in [0.5, 0.6) is 0 Å². The van der Waals surface area contributed by atoms with Crippen LogP contribution in [0, 0.1) is 0 Å². The molecule has 0 fully saturated rings. The van der Waals surface area contributed by atoms with Crippen molar-refractivity contribution < 1.29 is 42.1 Å². The van der Waals surface area contributed by atoms with Crippen molar-refractivity contribution in [2.75, 3.05) is 19.1 Å². The minimum atomic E-state index is -4.96. The summed E-state index contributed by atoms with van der Waals surface area (Å²) in [6.45, 7) is 0. The molecule has 10 heteroatoms. The predicted molar refractivity (Wildman–Crippen MR) is 90.2 cm³/mol. The molecule has 0 aromatic heterocycles. The van der Waals surface area contributed by atoms with Gasteiger partial charge in [0.1, 0.15) is 5.70 Å². The maximum Gasteiger partial charge on any atom is 0.417 e. The quantitative estimate of drug-likeness (QED) is 0.781. The molecule has 1 N–H and O–H groups in total. The maximum absolute atomic E-state index is 13.3. The predicted octanol–water partition coefficient (Wildman–Crippen LogP) is 2.89. The summed E-state index contributed by atoms with van der Waals surface area (Å²) in [4.78, 5) is 36.9. The van der Waals surface area contributed by atoms with Crippen LogP contribution in [-0.4, -0.2) is 37.2 Å².